The van der Waals surface area contributed by atoms with Gasteiger partial charge in [-0.25, -0.2) is 4.79 Å². The minimum absolute atomic E-state index is 0.206. The van der Waals surface area contributed by atoms with Crippen molar-refractivity contribution in [1.29, 1.82) is 0 Å². The molecule has 1 aliphatic rings. The molecule has 0 aromatic rings. The van der Waals surface area contributed by atoms with Gasteiger partial charge in [-0.15, -0.1) is 0 Å². The number of hydrogen-bond acceptors (Lipinski definition) is 4. The molecule has 0 bridgehead atoms. The molecule has 1 aliphatic heterocycles. The maximum atomic E-state index is 10.4. The van der Waals surface area contributed by atoms with Crippen LogP contribution < -0.4 is 0 Å². The zero-order valence-corrected chi connectivity index (χ0v) is 4.78. The van der Waals surface area contributed by atoms with E-state index >= 15 is 0 Å². The Morgan fingerprint density at radius 1 is 1.78 bits per heavy atom. The van der Waals surface area contributed by atoms with Crippen LogP contribution in [0.3, 0.4) is 0 Å². The van der Waals surface area contributed by atoms with Gasteiger partial charge in [-0.1, -0.05) is 0 Å². The number of aliphatic hydroxyl groups is 2. The van der Waals surface area contributed by atoms with Crippen molar-refractivity contribution in [3.8, 4) is 0 Å². The predicted octanol–water partition coefficient (Wildman–Crippen LogP) is -1.34. The van der Waals surface area contributed by atoms with Crippen molar-refractivity contribution < 1.29 is 19.7 Å². The van der Waals surface area contributed by atoms with E-state index in [-0.39, 0.29) is 13.0 Å². The fourth-order valence-corrected chi connectivity index (χ4v) is 0.748. The Kier molecular flexibility index (Phi) is 1.68. The Bertz CT molecular complexity index is 122. The van der Waals surface area contributed by atoms with Gasteiger partial charge >= 0.3 is 5.97 Å². The normalized spacial score (nSPS) is 34.7. The molecule has 9 heavy (non-hydrogen) atoms. The highest BCUT2D eigenvalue weighted by atomic mass is 16.6. The van der Waals surface area contributed by atoms with E-state index in [1.165, 1.54) is 0 Å². The Morgan fingerprint density at radius 3 is 2.67 bits per heavy atom. The standard InChI is InChI=1S/C5H8O4/c6-2-3-1-4(7)5(8)9-3/h3-4,6-7H,1-2H2/t3-,4+/m0/s1. The van der Waals surface area contributed by atoms with Crippen molar-refractivity contribution in [1.82, 2.24) is 0 Å². The van der Waals surface area contributed by atoms with Crippen molar-refractivity contribution in [2.24, 2.45) is 0 Å². The minimum atomic E-state index is -1.03. The van der Waals surface area contributed by atoms with Gasteiger partial charge < -0.3 is 14.9 Å². The van der Waals surface area contributed by atoms with Crippen LogP contribution in [0.1, 0.15) is 6.42 Å². The average molecular weight is 132 g/mol. The molecule has 1 fully saturated rings. The van der Waals surface area contributed by atoms with Crippen LogP contribution >= 0.6 is 0 Å². The van der Waals surface area contributed by atoms with Crippen LogP contribution in [0.2, 0.25) is 0 Å². The molecule has 0 aromatic heterocycles. The maximum absolute atomic E-state index is 10.4. The van der Waals surface area contributed by atoms with Gasteiger partial charge in [0, 0.05) is 6.42 Å². The summed E-state index contributed by atoms with van der Waals surface area (Å²) in [5, 5.41) is 17.1. The van der Waals surface area contributed by atoms with E-state index in [1.54, 1.807) is 0 Å². The lowest BCUT2D eigenvalue weighted by atomic mass is 10.2. The van der Waals surface area contributed by atoms with Crippen molar-refractivity contribution in [2.45, 2.75) is 18.6 Å². The second-order valence-electron chi connectivity index (χ2n) is 1.99. The summed E-state index contributed by atoms with van der Waals surface area (Å²) in [5.41, 5.74) is 0. The first kappa shape index (κ1) is 6.51. The molecule has 0 radical (unpaired) electrons. The molecule has 0 spiro atoms. The summed E-state index contributed by atoms with van der Waals surface area (Å²) in [6, 6.07) is 0. The average Bonchev–Trinajstić information content (AvgIpc) is 2.13. The van der Waals surface area contributed by atoms with Crippen molar-refractivity contribution in [3.63, 3.8) is 0 Å². The molecule has 1 heterocycles. The van der Waals surface area contributed by atoms with E-state index in [1.807, 2.05) is 0 Å². The Morgan fingerprint density at radius 2 is 2.44 bits per heavy atom. The monoisotopic (exact) mass is 132 g/mol. The van der Waals surface area contributed by atoms with Crippen LogP contribution in [0.5, 0.6) is 0 Å². The van der Waals surface area contributed by atoms with Crippen molar-refractivity contribution in [2.75, 3.05) is 6.61 Å². The molecule has 0 saturated carbocycles. The second-order valence-corrected chi connectivity index (χ2v) is 1.99. The lowest BCUT2D eigenvalue weighted by molar-refractivity contribution is -0.148. The SMILES string of the molecule is O=C1O[C@H](CO)C[C@H]1O. The molecular weight excluding hydrogens is 124 g/mol. The fourth-order valence-electron chi connectivity index (χ4n) is 0.748. The molecular formula is C5H8O4. The van der Waals surface area contributed by atoms with Crippen LogP contribution in [0.25, 0.3) is 0 Å². The molecule has 4 nitrogen and oxygen atoms in total. The number of carbonyl (C=O) groups excluding carboxylic acids is 1. The predicted molar refractivity (Wildman–Crippen MR) is 27.6 cm³/mol. The molecule has 2 N–H and O–H groups in total. The maximum Gasteiger partial charge on any atom is 0.335 e. The molecule has 0 aliphatic carbocycles. The number of cyclic esters (lactones) is 1. The second kappa shape index (κ2) is 2.33. The van der Waals surface area contributed by atoms with Crippen molar-refractivity contribution >= 4 is 5.97 Å². The Labute approximate surface area is 52.1 Å². The van der Waals surface area contributed by atoms with Crippen LogP contribution in [-0.4, -0.2) is 35.0 Å². The summed E-state index contributed by atoms with van der Waals surface area (Å²) in [7, 11) is 0. The third-order valence-electron chi connectivity index (χ3n) is 1.24. The van der Waals surface area contributed by atoms with E-state index in [0.29, 0.717) is 0 Å². The smallest absolute Gasteiger partial charge is 0.335 e. The van der Waals surface area contributed by atoms with Crippen LogP contribution in [0.15, 0.2) is 0 Å². The number of aliphatic hydroxyl groups excluding tert-OH is 2. The fraction of sp³-hybridized carbons (Fsp3) is 0.800. The molecule has 1 saturated heterocycles. The molecule has 0 aromatic carbocycles. The number of carbonyl (C=O) groups is 1. The lowest BCUT2D eigenvalue weighted by Gasteiger charge is -2.00. The lowest BCUT2D eigenvalue weighted by Crippen LogP contribution is -2.11. The van der Waals surface area contributed by atoms with Gasteiger partial charge in [0.1, 0.15) is 6.10 Å². The summed E-state index contributed by atoms with van der Waals surface area (Å²) in [5.74, 6) is -0.631. The highest BCUT2D eigenvalue weighted by molar-refractivity contribution is 5.76. The van der Waals surface area contributed by atoms with E-state index in [9.17, 15) is 4.79 Å². The first-order valence-corrected chi connectivity index (χ1v) is 2.73. The topological polar surface area (TPSA) is 66.8 Å². The van der Waals surface area contributed by atoms with Gasteiger partial charge in [0.2, 0.25) is 0 Å². The third kappa shape index (κ3) is 1.20. The van der Waals surface area contributed by atoms with E-state index < -0.39 is 18.2 Å². The molecule has 1 rings (SSSR count). The zero-order valence-electron chi connectivity index (χ0n) is 4.78. The Hall–Kier alpha value is -0.610. The molecule has 52 valence electrons. The van der Waals surface area contributed by atoms with E-state index in [4.69, 9.17) is 10.2 Å². The zero-order chi connectivity index (χ0) is 6.85. The molecule has 4 heteroatoms. The summed E-state index contributed by atoms with van der Waals surface area (Å²) in [6.07, 6.45) is -1.30. The van der Waals surface area contributed by atoms with Crippen molar-refractivity contribution in [3.05, 3.63) is 0 Å². The summed E-state index contributed by atoms with van der Waals surface area (Å²) < 4.78 is 4.48. The quantitative estimate of drug-likeness (QED) is 0.433. The molecule has 0 unspecified atom stereocenters. The largest absolute Gasteiger partial charge is 0.458 e. The van der Waals surface area contributed by atoms with E-state index in [0.717, 1.165) is 0 Å². The number of hydrogen-bond donors (Lipinski definition) is 2. The number of ether oxygens (including phenoxy) is 1. The van der Waals surface area contributed by atoms with Gasteiger partial charge in [0.25, 0.3) is 0 Å². The van der Waals surface area contributed by atoms with Gasteiger partial charge in [-0.3, -0.25) is 0 Å². The number of esters is 1. The summed E-state index contributed by atoms with van der Waals surface area (Å²) in [4.78, 5) is 10.4. The van der Waals surface area contributed by atoms with Crippen LogP contribution in [-0.2, 0) is 9.53 Å². The van der Waals surface area contributed by atoms with Gasteiger partial charge in [-0.2, -0.15) is 0 Å². The van der Waals surface area contributed by atoms with Gasteiger partial charge in [0.05, 0.1) is 6.61 Å². The first-order chi connectivity index (χ1) is 4.24. The molecule has 2 atom stereocenters. The highest BCUT2D eigenvalue weighted by Crippen LogP contribution is 2.13. The van der Waals surface area contributed by atoms with Gasteiger partial charge in [0.15, 0.2) is 6.10 Å². The third-order valence-corrected chi connectivity index (χ3v) is 1.24. The minimum Gasteiger partial charge on any atom is -0.458 e. The Balaban J connectivity index is 2.44. The first-order valence-electron chi connectivity index (χ1n) is 2.73. The van der Waals surface area contributed by atoms with Gasteiger partial charge in [-0.05, 0) is 0 Å². The summed E-state index contributed by atoms with van der Waals surface area (Å²) in [6.45, 7) is -0.206. The summed E-state index contributed by atoms with van der Waals surface area (Å²) >= 11 is 0. The number of rotatable bonds is 1. The highest BCUT2D eigenvalue weighted by Gasteiger charge is 2.31. The molecule has 0 amide bonds. The van der Waals surface area contributed by atoms with Crippen LogP contribution in [0, 0.1) is 0 Å². The van der Waals surface area contributed by atoms with Crippen LogP contribution in [0.4, 0.5) is 0 Å². The van der Waals surface area contributed by atoms with E-state index in [2.05, 4.69) is 4.74 Å².